The van der Waals surface area contributed by atoms with E-state index in [1.165, 1.54) is 0 Å². The Morgan fingerprint density at radius 3 is 2.67 bits per heavy atom. The topological polar surface area (TPSA) is 58.6 Å². The largest absolute Gasteiger partial charge is 0.394 e. The third-order valence-electron chi connectivity index (χ3n) is 3.25. The van der Waals surface area contributed by atoms with E-state index in [0.717, 1.165) is 3.57 Å². The van der Waals surface area contributed by atoms with Gasteiger partial charge in [-0.15, -0.1) is 0 Å². The lowest BCUT2D eigenvalue weighted by Gasteiger charge is -2.36. The number of nitrogens with one attached hydrogen (secondary N) is 1. The first-order valence-corrected chi connectivity index (χ1v) is 7.00. The normalized spacial score (nSPS) is 18.3. The minimum absolute atomic E-state index is 0.0501. The number of hydrogen-bond donors (Lipinski definition) is 2. The van der Waals surface area contributed by atoms with Crippen LogP contribution in [-0.4, -0.2) is 36.4 Å². The minimum Gasteiger partial charge on any atom is -0.394 e. The Morgan fingerprint density at radius 2 is 2.06 bits per heavy atom. The van der Waals surface area contributed by atoms with Crippen molar-refractivity contribution in [2.24, 2.45) is 0 Å². The Labute approximate surface area is 120 Å². The van der Waals surface area contributed by atoms with Crippen LogP contribution < -0.4 is 5.32 Å². The van der Waals surface area contributed by atoms with Gasteiger partial charge in [-0.05, 0) is 47.6 Å². The number of ether oxygens (including phenoxy) is 1. The van der Waals surface area contributed by atoms with Crippen LogP contribution in [0.3, 0.4) is 0 Å². The van der Waals surface area contributed by atoms with Gasteiger partial charge in [0.2, 0.25) is 0 Å². The Balaban J connectivity index is 2.13. The van der Waals surface area contributed by atoms with Crippen LogP contribution in [0.25, 0.3) is 0 Å². The summed E-state index contributed by atoms with van der Waals surface area (Å²) in [6, 6.07) is 7.42. The fourth-order valence-corrected chi connectivity index (χ4v) is 2.67. The van der Waals surface area contributed by atoms with Gasteiger partial charge in [-0.3, -0.25) is 4.79 Å². The molecule has 0 unspecified atom stereocenters. The molecule has 0 aromatic heterocycles. The molecule has 1 aliphatic rings. The van der Waals surface area contributed by atoms with Crippen LogP contribution in [0.1, 0.15) is 23.2 Å². The molecule has 0 aliphatic carbocycles. The van der Waals surface area contributed by atoms with Crippen molar-refractivity contribution >= 4 is 28.5 Å². The molecule has 1 saturated heterocycles. The molecular formula is C13H16INO3. The SMILES string of the molecule is O=C(NC1(CO)CCOCC1)c1ccccc1I. The van der Waals surface area contributed by atoms with Crippen LogP contribution in [0.2, 0.25) is 0 Å². The van der Waals surface area contributed by atoms with Crippen molar-refractivity contribution in [1.82, 2.24) is 5.32 Å². The molecule has 1 aromatic carbocycles. The first kappa shape index (κ1) is 13.8. The van der Waals surface area contributed by atoms with Crippen molar-refractivity contribution < 1.29 is 14.6 Å². The molecular weight excluding hydrogens is 345 g/mol. The first-order chi connectivity index (χ1) is 8.67. The molecule has 1 heterocycles. The van der Waals surface area contributed by atoms with E-state index >= 15 is 0 Å². The molecule has 0 atom stereocenters. The van der Waals surface area contributed by atoms with E-state index in [0.29, 0.717) is 31.6 Å². The maximum atomic E-state index is 12.2. The predicted octanol–water partition coefficient (Wildman–Crippen LogP) is 1.56. The fraction of sp³-hybridized carbons (Fsp3) is 0.462. The van der Waals surface area contributed by atoms with E-state index in [2.05, 4.69) is 27.9 Å². The predicted molar refractivity (Wildman–Crippen MR) is 76.5 cm³/mol. The summed E-state index contributed by atoms with van der Waals surface area (Å²) in [5.74, 6) is -0.129. The summed E-state index contributed by atoms with van der Waals surface area (Å²) in [7, 11) is 0. The zero-order valence-corrected chi connectivity index (χ0v) is 12.1. The van der Waals surface area contributed by atoms with Crippen molar-refractivity contribution in [3.8, 4) is 0 Å². The third kappa shape index (κ3) is 3.02. The van der Waals surface area contributed by atoms with Gasteiger partial charge in [0.05, 0.1) is 17.7 Å². The monoisotopic (exact) mass is 361 g/mol. The zero-order chi connectivity index (χ0) is 13.0. The third-order valence-corrected chi connectivity index (χ3v) is 4.19. The highest BCUT2D eigenvalue weighted by Gasteiger charge is 2.33. The lowest BCUT2D eigenvalue weighted by atomic mass is 9.90. The smallest absolute Gasteiger partial charge is 0.252 e. The van der Waals surface area contributed by atoms with Crippen LogP contribution in [-0.2, 0) is 4.74 Å². The highest BCUT2D eigenvalue weighted by atomic mass is 127. The van der Waals surface area contributed by atoms with Gasteiger partial charge in [0.1, 0.15) is 0 Å². The van der Waals surface area contributed by atoms with Gasteiger partial charge in [0, 0.05) is 16.8 Å². The number of aliphatic hydroxyl groups excluding tert-OH is 1. The molecule has 0 radical (unpaired) electrons. The molecule has 1 fully saturated rings. The summed E-state index contributed by atoms with van der Waals surface area (Å²) >= 11 is 2.14. The van der Waals surface area contributed by atoms with Crippen LogP contribution in [0.5, 0.6) is 0 Å². The lowest BCUT2D eigenvalue weighted by molar-refractivity contribution is 0.0125. The average Bonchev–Trinajstić information content (AvgIpc) is 2.40. The number of carbonyl (C=O) groups is 1. The van der Waals surface area contributed by atoms with Gasteiger partial charge in [-0.2, -0.15) is 0 Å². The van der Waals surface area contributed by atoms with Gasteiger partial charge < -0.3 is 15.2 Å². The molecule has 0 saturated carbocycles. The van der Waals surface area contributed by atoms with Crippen molar-refractivity contribution in [2.45, 2.75) is 18.4 Å². The minimum atomic E-state index is -0.533. The Bertz CT molecular complexity index is 430. The fourth-order valence-electron chi connectivity index (χ4n) is 2.04. The Hall–Kier alpha value is -0.660. The summed E-state index contributed by atoms with van der Waals surface area (Å²) < 4.78 is 6.18. The molecule has 1 aliphatic heterocycles. The maximum Gasteiger partial charge on any atom is 0.252 e. The van der Waals surface area contributed by atoms with E-state index < -0.39 is 5.54 Å². The van der Waals surface area contributed by atoms with E-state index in [1.807, 2.05) is 18.2 Å². The molecule has 18 heavy (non-hydrogen) atoms. The molecule has 0 bridgehead atoms. The van der Waals surface area contributed by atoms with Gasteiger partial charge in [-0.25, -0.2) is 0 Å². The molecule has 2 N–H and O–H groups in total. The zero-order valence-electron chi connectivity index (χ0n) is 9.99. The number of rotatable bonds is 3. The second-order valence-electron chi connectivity index (χ2n) is 4.48. The standard InChI is InChI=1S/C13H16INO3/c14-11-4-2-1-3-10(11)12(17)15-13(9-16)5-7-18-8-6-13/h1-4,16H,5-9H2,(H,15,17). The second kappa shape index (κ2) is 5.99. The van der Waals surface area contributed by atoms with Gasteiger partial charge >= 0.3 is 0 Å². The molecule has 98 valence electrons. The molecule has 1 aromatic rings. The van der Waals surface area contributed by atoms with Crippen molar-refractivity contribution in [3.05, 3.63) is 33.4 Å². The van der Waals surface area contributed by atoms with Crippen LogP contribution in [0.4, 0.5) is 0 Å². The number of benzene rings is 1. The van der Waals surface area contributed by atoms with E-state index in [1.54, 1.807) is 6.07 Å². The Morgan fingerprint density at radius 1 is 1.39 bits per heavy atom. The van der Waals surface area contributed by atoms with Crippen molar-refractivity contribution in [2.75, 3.05) is 19.8 Å². The summed E-state index contributed by atoms with van der Waals surface area (Å²) in [5.41, 5.74) is 0.117. The molecule has 5 heteroatoms. The highest BCUT2D eigenvalue weighted by molar-refractivity contribution is 14.1. The second-order valence-corrected chi connectivity index (χ2v) is 5.65. The number of hydrogen-bond acceptors (Lipinski definition) is 3. The number of aliphatic hydroxyl groups is 1. The number of halogens is 1. The average molecular weight is 361 g/mol. The summed E-state index contributed by atoms with van der Waals surface area (Å²) in [4.78, 5) is 12.2. The molecule has 0 spiro atoms. The number of amides is 1. The molecule has 4 nitrogen and oxygen atoms in total. The summed E-state index contributed by atoms with van der Waals surface area (Å²) in [5, 5.41) is 12.5. The molecule has 2 rings (SSSR count). The van der Waals surface area contributed by atoms with Gasteiger partial charge in [0.15, 0.2) is 0 Å². The van der Waals surface area contributed by atoms with E-state index in [-0.39, 0.29) is 12.5 Å². The maximum absolute atomic E-state index is 12.2. The van der Waals surface area contributed by atoms with Crippen molar-refractivity contribution in [3.63, 3.8) is 0 Å². The Kier molecular flexibility index (Phi) is 4.58. The van der Waals surface area contributed by atoms with Crippen molar-refractivity contribution in [1.29, 1.82) is 0 Å². The summed E-state index contributed by atoms with van der Waals surface area (Å²) in [6.07, 6.45) is 1.30. The van der Waals surface area contributed by atoms with Crippen LogP contribution in [0.15, 0.2) is 24.3 Å². The summed E-state index contributed by atoms with van der Waals surface area (Å²) in [6.45, 7) is 1.10. The van der Waals surface area contributed by atoms with Gasteiger partial charge in [-0.1, -0.05) is 12.1 Å². The number of carbonyl (C=O) groups excluding carboxylic acids is 1. The van der Waals surface area contributed by atoms with E-state index in [4.69, 9.17) is 4.74 Å². The first-order valence-electron chi connectivity index (χ1n) is 5.92. The molecule has 1 amide bonds. The van der Waals surface area contributed by atoms with E-state index in [9.17, 15) is 9.90 Å². The quantitative estimate of drug-likeness (QED) is 0.804. The van der Waals surface area contributed by atoms with Crippen LogP contribution in [0, 0.1) is 3.57 Å². The van der Waals surface area contributed by atoms with Crippen LogP contribution >= 0.6 is 22.6 Å². The highest BCUT2D eigenvalue weighted by Crippen LogP contribution is 2.21. The van der Waals surface area contributed by atoms with Gasteiger partial charge in [0.25, 0.3) is 5.91 Å². The lowest BCUT2D eigenvalue weighted by Crippen LogP contribution is -2.54.